The summed E-state index contributed by atoms with van der Waals surface area (Å²) in [5.41, 5.74) is 10.2. The number of hydrogen-bond acceptors (Lipinski definition) is 5. The lowest BCUT2D eigenvalue weighted by molar-refractivity contribution is -0.119. The number of amides is 1. The molecule has 41 heavy (non-hydrogen) atoms. The van der Waals surface area contributed by atoms with Crippen molar-refractivity contribution in [2.45, 2.75) is 51.8 Å². The minimum Gasteiger partial charge on any atom is -0.396 e. The van der Waals surface area contributed by atoms with Crippen LogP contribution in [0.4, 0.5) is 5.69 Å². The van der Waals surface area contributed by atoms with E-state index in [-0.39, 0.29) is 5.91 Å². The lowest BCUT2D eigenvalue weighted by Gasteiger charge is -2.26. The van der Waals surface area contributed by atoms with Crippen LogP contribution in [0.25, 0.3) is 6.08 Å². The molecule has 0 saturated heterocycles. The monoisotopic (exact) mass is 597 g/mol. The Morgan fingerprint density at radius 1 is 1.00 bits per heavy atom. The number of unbranched alkanes of at least 4 members (excludes halogenated alkanes) is 3. The lowest BCUT2D eigenvalue weighted by Crippen LogP contribution is -2.29. The zero-order chi connectivity index (χ0) is 29.5. The number of nitrogens with one attached hydrogen (secondary N) is 1. The number of aliphatic hydroxyl groups is 1. The van der Waals surface area contributed by atoms with Crippen LogP contribution in [-0.4, -0.2) is 42.2 Å². The fourth-order valence-electron chi connectivity index (χ4n) is 4.48. The van der Waals surface area contributed by atoms with Crippen molar-refractivity contribution in [3.63, 3.8) is 0 Å². The van der Waals surface area contributed by atoms with E-state index in [0.717, 1.165) is 56.5 Å². The van der Waals surface area contributed by atoms with Gasteiger partial charge in [-0.2, -0.15) is 0 Å². The van der Waals surface area contributed by atoms with Gasteiger partial charge in [0, 0.05) is 33.2 Å². The smallest absolute Gasteiger partial charge is 0.217 e. The number of nitrogen functional groups attached to an aromatic ring is 1. The molecule has 3 aromatic carbocycles. The Morgan fingerprint density at radius 3 is 2.44 bits per heavy atom. The van der Waals surface area contributed by atoms with E-state index in [1.54, 1.807) is 12.1 Å². The van der Waals surface area contributed by atoms with Gasteiger partial charge in [0.2, 0.25) is 5.91 Å². The van der Waals surface area contributed by atoms with Crippen molar-refractivity contribution in [2.75, 3.05) is 32.0 Å². The number of carbonyl (C=O) groups is 1. The summed E-state index contributed by atoms with van der Waals surface area (Å²) in [5.74, 6) is -0.0338. The van der Waals surface area contributed by atoms with Crippen molar-refractivity contribution < 1.29 is 14.6 Å². The standard InChI is InChI=1S/C33H41Cl2N3O3/c1-25(39)37-22-28-14-9-13-26(19-28)15-10-18-41-17-8-3-2-7-16-38(23-27-11-5-4-6-12-27)24-32(40)29-20-30(34)33(36)31(35)21-29/h4-6,9-15,19-21,32,40H,2-3,7-8,16-18,22-24,36H2,1H3,(H,37,39)/b15-10-. The molecule has 220 valence electrons. The molecule has 1 unspecified atom stereocenters. The van der Waals surface area contributed by atoms with Gasteiger partial charge in [0.25, 0.3) is 0 Å². The predicted molar refractivity (Wildman–Crippen MR) is 170 cm³/mol. The van der Waals surface area contributed by atoms with E-state index in [1.165, 1.54) is 12.5 Å². The summed E-state index contributed by atoms with van der Waals surface area (Å²) in [6.07, 6.45) is 7.53. The van der Waals surface area contributed by atoms with E-state index in [4.69, 9.17) is 33.7 Å². The van der Waals surface area contributed by atoms with Gasteiger partial charge in [-0.05, 0) is 59.8 Å². The Balaban J connectivity index is 1.37. The summed E-state index contributed by atoms with van der Waals surface area (Å²) in [5, 5.41) is 14.5. The Bertz CT molecular complexity index is 1230. The molecule has 0 fully saturated rings. The van der Waals surface area contributed by atoms with Gasteiger partial charge in [-0.25, -0.2) is 0 Å². The highest BCUT2D eigenvalue weighted by Crippen LogP contribution is 2.31. The average molecular weight is 599 g/mol. The summed E-state index contributed by atoms with van der Waals surface area (Å²) in [4.78, 5) is 13.4. The number of ether oxygens (including phenoxy) is 1. The molecule has 3 aromatic rings. The van der Waals surface area contributed by atoms with Crippen molar-refractivity contribution in [1.29, 1.82) is 0 Å². The number of nitrogens with zero attached hydrogens (tertiary/aromatic N) is 1. The number of hydrogen-bond donors (Lipinski definition) is 3. The molecular weight excluding hydrogens is 557 g/mol. The number of aliphatic hydroxyl groups excluding tert-OH is 1. The van der Waals surface area contributed by atoms with Crippen LogP contribution >= 0.6 is 23.2 Å². The zero-order valence-electron chi connectivity index (χ0n) is 23.7. The van der Waals surface area contributed by atoms with Crippen LogP contribution in [0.15, 0.2) is 72.8 Å². The van der Waals surface area contributed by atoms with Gasteiger partial charge in [0.1, 0.15) is 0 Å². The molecule has 0 aliphatic heterocycles. The third kappa shape index (κ3) is 12.3. The molecule has 6 nitrogen and oxygen atoms in total. The zero-order valence-corrected chi connectivity index (χ0v) is 25.2. The second-order valence-electron chi connectivity index (χ2n) is 10.2. The van der Waals surface area contributed by atoms with Crippen LogP contribution in [0.1, 0.15) is 61.0 Å². The van der Waals surface area contributed by atoms with Gasteiger partial charge in [0.05, 0.1) is 28.4 Å². The third-order valence-corrected chi connectivity index (χ3v) is 7.32. The van der Waals surface area contributed by atoms with Crippen LogP contribution in [0.5, 0.6) is 0 Å². The summed E-state index contributed by atoms with van der Waals surface area (Å²) in [7, 11) is 0. The molecule has 4 N–H and O–H groups in total. The second kappa shape index (κ2) is 17.8. The number of nitrogens with two attached hydrogens (primary N) is 1. The van der Waals surface area contributed by atoms with Crippen molar-refractivity contribution in [2.24, 2.45) is 0 Å². The number of benzene rings is 3. The predicted octanol–water partition coefficient (Wildman–Crippen LogP) is 7.04. The van der Waals surface area contributed by atoms with Gasteiger partial charge >= 0.3 is 0 Å². The first-order valence-corrected chi connectivity index (χ1v) is 14.8. The highest BCUT2D eigenvalue weighted by Gasteiger charge is 2.17. The molecule has 8 heteroatoms. The van der Waals surface area contributed by atoms with Crippen molar-refractivity contribution in [1.82, 2.24) is 10.2 Å². The first-order valence-electron chi connectivity index (χ1n) is 14.1. The molecule has 0 aliphatic carbocycles. The number of halogens is 2. The average Bonchev–Trinajstić information content (AvgIpc) is 2.96. The van der Waals surface area contributed by atoms with E-state index >= 15 is 0 Å². The molecule has 0 radical (unpaired) electrons. The van der Waals surface area contributed by atoms with Crippen molar-refractivity contribution in [3.05, 3.63) is 105 Å². The van der Waals surface area contributed by atoms with E-state index in [1.807, 2.05) is 48.6 Å². The maximum absolute atomic E-state index is 11.1. The molecule has 0 aromatic heterocycles. The molecule has 0 spiro atoms. The van der Waals surface area contributed by atoms with Gasteiger partial charge in [-0.3, -0.25) is 9.69 Å². The minimum absolute atomic E-state index is 0.0338. The molecule has 0 saturated carbocycles. The first-order chi connectivity index (χ1) is 19.8. The quantitative estimate of drug-likeness (QED) is 0.115. The largest absolute Gasteiger partial charge is 0.396 e. The Hall–Kier alpha value is -2.87. The van der Waals surface area contributed by atoms with Gasteiger partial charge < -0.3 is 20.9 Å². The fourth-order valence-corrected chi connectivity index (χ4v) is 4.99. The first kappa shape index (κ1) is 32.6. The van der Waals surface area contributed by atoms with E-state index in [0.29, 0.717) is 41.0 Å². The number of rotatable bonds is 17. The second-order valence-corrected chi connectivity index (χ2v) is 11.0. The molecule has 1 atom stereocenters. The maximum atomic E-state index is 11.1. The van der Waals surface area contributed by atoms with E-state index < -0.39 is 6.10 Å². The highest BCUT2D eigenvalue weighted by molar-refractivity contribution is 6.38. The number of carbonyl (C=O) groups excluding carboxylic acids is 1. The van der Waals surface area contributed by atoms with Crippen LogP contribution < -0.4 is 11.1 Å². The minimum atomic E-state index is -0.726. The topological polar surface area (TPSA) is 87.8 Å². The molecule has 1 amide bonds. The fraction of sp³-hybridized carbons (Fsp3) is 0.364. The molecule has 0 bridgehead atoms. The third-order valence-electron chi connectivity index (χ3n) is 6.70. The molecule has 0 aliphatic rings. The van der Waals surface area contributed by atoms with Crippen molar-refractivity contribution >= 4 is 40.9 Å². The summed E-state index contributed by atoms with van der Waals surface area (Å²) in [6.45, 7) is 5.43. The van der Waals surface area contributed by atoms with E-state index in [9.17, 15) is 9.90 Å². The summed E-state index contributed by atoms with van der Waals surface area (Å²) in [6, 6.07) is 21.7. The molecule has 0 heterocycles. The molecular formula is C33H41Cl2N3O3. The Kier molecular flexibility index (Phi) is 14.2. The van der Waals surface area contributed by atoms with Crippen LogP contribution in [0.2, 0.25) is 10.0 Å². The van der Waals surface area contributed by atoms with Crippen LogP contribution in [0.3, 0.4) is 0 Å². The SMILES string of the molecule is CC(=O)NCc1cccc(/C=C\COCCCCCCN(Cc2ccccc2)CC(O)c2cc(Cl)c(N)c(Cl)c2)c1. The van der Waals surface area contributed by atoms with Gasteiger partial charge in [-0.15, -0.1) is 0 Å². The van der Waals surface area contributed by atoms with Gasteiger partial charge in [-0.1, -0.05) is 96.7 Å². The van der Waals surface area contributed by atoms with Crippen LogP contribution in [-0.2, 0) is 22.6 Å². The maximum Gasteiger partial charge on any atom is 0.217 e. The highest BCUT2D eigenvalue weighted by atomic mass is 35.5. The summed E-state index contributed by atoms with van der Waals surface area (Å²) >= 11 is 12.4. The van der Waals surface area contributed by atoms with Crippen LogP contribution in [0, 0.1) is 0 Å². The molecule has 3 rings (SSSR count). The Labute approximate surface area is 254 Å². The lowest BCUT2D eigenvalue weighted by atomic mass is 10.1. The van der Waals surface area contributed by atoms with Gasteiger partial charge in [0.15, 0.2) is 0 Å². The normalized spacial score (nSPS) is 12.2. The van der Waals surface area contributed by atoms with E-state index in [2.05, 4.69) is 28.4 Å². The Morgan fingerprint density at radius 2 is 1.71 bits per heavy atom. The number of anilines is 1. The summed E-state index contributed by atoms with van der Waals surface area (Å²) < 4.78 is 5.78. The van der Waals surface area contributed by atoms with Crippen molar-refractivity contribution in [3.8, 4) is 0 Å².